The first-order chi connectivity index (χ1) is 19.6. The highest BCUT2D eigenvalue weighted by Crippen LogP contribution is 2.29. The van der Waals surface area contributed by atoms with Gasteiger partial charge < -0.3 is 15.1 Å². The zero-order chi connectivity index (χ0) is 29.4. The maximum Gasteiger partial charge on any atom is 0.331 e. The zero-order valence-electron chi connectivity index (χ0n) is 22.7. The molecule has 1 N–H and O–H groups in total. The zero-order valence-corrected chi connectivity index (χ0v) is 23.5. The predicted molar refractivity (Wildman–Crippen MR) is 151 cm³/mol. The average molecular weight is 586 g/mol. The van der Waals surface area contributed by atoms with E-state index in [0.717, 1.165) is 14.7 Å². The molecular formula is C29H30ClF2N5O4. The highest BCUT2D eigenvalue weighted by Gasteiger charge is 2.32. The third-order valence-corrected chi connectivity index (χ3v) is 8.11. The Morgan fingerprint density at radius 1 is 1.00 bits per heavy atom. The number of hydrogen-bond acceptors (Lipinski definition) is 4. The van der Waals surface area contributed by atoms with Gasteiger partial charge in [-0.25, -0.2) is 18.4 Å². The first-order valence-electron chi connectivity index (χ1n) is 13.5. The minimum atomic E-state index is -0.705. The van der Waals surface area contributed by atoms with Gasteiger partial charge >= 0.3 is 11.7 Å². The smallest absolute Gasteiger partial charge is 0.331 e. The van der Waals surface area contributed by atoms with Crippen LogP contribution in [0.5, 0.6) is 0 Å². The molecule has 0 aliphatic carbocycles. The van der Waals surface area contributed by atoms with Crippen LogP contribution in [0.25, 0.3) is 11.1 Å². The molecule has 2 aromatic carbocycles. The number of aromatic nitrogens is 2. The molecule has 41 heavy (non-hydrogen) atoms. The summed E-state index contributed by atoms with van der Waals surface area (Å²) in [6.07, 6.45) is 2.80. The lowest BCUT2D eigenvalue weighted by Gasteiger charge is -2.38. The summed E-state index contributed by atoms with van der Waals surface area (Å²) in [5.74, 6) is -1.51. The Labute approximate surface area is 239 Å². The van der Waals surface area contributed by atoms with Gasteiger partial charge in [-0.2, -0.15) is 0 Å². The molecule has 0 atom stereocenters. The van der Waals surface area contributed by atoms with Crippen LogP contribution in [-0.4, -0.2) is 56.5 Å². The molecule has 3 amide bonds. The van der Waals surface area contributed by atoms with Gasteiger partial charge in [0, 0.05) is 43.5 Å². The molecule has 1 saturated heterocycles. The molecule has 2 aliphatic heterocycles. The normalized spacial score (nSPS) is 16.0. The van der Waals surface area contributed by atoms with Crippen molar-refractivity contribution in [3.63, 3.8) is 0 Å². The van der Waals surface area contributed by atoms with Crippen molar-refractivity contribution in [1.82, 2.24) is 18.9 Å². The number of likely N-dealkylation sites (tertiary alicyclic amines) is 1. The van der Waals surface area contributed by atoms with E-state index in [2.05, 4.69) is 5.32 Å². The molecule has 0 bridgehead atoms. The van der Waals surface area contributed by atoms with Crippen molar-refractivity contribution in [3.8, 4) is 11.1 Å². The third kappa shape index (κ3) is 5.50. The Kier molecular flexibility index (Phi) is 7.99. The van der Waals surface area contributed by atoms with Gasteiger partial charge in [-0.15, -0.1) is 0 Å². The van der Waals surface area contributed by atoms with E-state index in [1.165, 1.54) is 30.5 Å². The van der Waals surface area contributed by atoms with Gasteiger partial charge in [-0.05, 0) is 50.8 Å². The van der Waals surface area contributed by atoms with Gasteiger partial charge in [-0.1, -0.05) is 35.9 Å². The number of benzene rings is 2. The topological polar surface area (TPSA) is 96.7 Å². The fourth-order valence-electron chi connectivity index (χ4n) is 5.55. The average Bonchev–Trinajstić information content (AvgIpc) is 3.11. The number of fused-ring (bicyclic) bond motifs is 1. The Morgan fingerprint density at radius 3 is 2.39 bits per heavy atom. The number of carbonyl (C=O) groups is 2. The second-order valence-corrected chi connectivity index (χ2v) is 11.0. The number of urea groups is 1. The third-order valence-electron chi connectivity index (χ3n) is 7.72. The minimum Gasteiger partial charge on any atom is -0.341 e. The SMILES string of the molecule is CC(C)n1c(=O)c(-c2cccc(F)c2Cl)cn(CC(=O)N2CCC(N3CCc4cccc(F)c4NC3=O)CC2)c1=O. The molecule has 3 aromatic rings. The van der Waals surface area contributed by atoms with Crippen LogP contribution in [0.1, 0.15) is 38.3 Å². The van der Waals surface area contributed by atoms with Crippen molar-refractivity contribution in [2.75, 3.05) is 25.0 Å². The number of rotatable bonds is 5. The number of nitrogens with one attached hydrogen (secondary N) is 1. The lowest BCUT2D eigenvalue weighted by Crippen LogP contribution is -2.51. The van der Waals surface area contributed by atoms with E-state index in [1.54, 1.807) is 35.8 Å². The Morgan fingerprint density at radius 2 is 1.68 bits per heavy atom. The van der Waals surface area contributed by atoms with E-state index in [9.17, 15) is 28.0 Å². The molecule has 5 rings (SSSR count). The molecule has 0 radical (unpaired) electrons. The molecule has 12 heteroatoms. The highest BCUT2D eigenvalue weighted by molar-refractivity contribution is 6.33. The van der Waals surface area contributed by atoms with Gasteiger partial charge in [0.2, 0.25) is 5.91 Å². The van der Waals surface area contributed by atoms with Crippen molar-refractivity contribution in [1.29, 1.82) is 0 Å². The van der Waals surface area contributed by atoms with Gasteiger partial charge in [0.25, 0.3) is 5.56 Å². The molecule has 0 saturated carbocycles. The summed E-state index contributed by atoms with van der Waals surface area (Å²) in [7, 11) is 0. The second kappa shape index (κ2) is 11.5. The van der Waals surface area contributed by atoms with E-state index in [0.29, 0.717) is 38.9 Å². The van der Waals surface area contributed by atoms with Crippen LogP contribution in [-0.2, 0) is 17.8 Å². The maximum absolute atomic E-state index is 14.2. The molecule has 216 valence electrons. The van der Waals surface area contributed by atoms with Crippen molar-refractivity contribution < 1.29 is 18.4 Å². The molecule has 1 aromatic heterocycles. The predicted octanol–water partition coefficient (Wildman–Crippen LogP) is 4.27. The van der Waals surface area contributed by atoms with Gasteiger partial charge in [0.05, 0.1) is 16.3 Å². The summed E-state index contributed by atoms with van der Waals surface area (Å²) in [5, 5.41) is 2.44. The molecule has 0 unspecified atom stereocenters. The van der Waals surface area contributed by atoms with E-state index in [4.69, 9.17) is 11.6 Å². The quantitative estimate of drug-likeness (QED) is 0.484. The van der Waals surface area contributed by atoms with Crippen molar-refractivity contribution in [2.45, 2.75) is 51.7 Å². The summed E-state index contributed by atoms with van der Waals surface area (Å²) >= 11 is 6.15. The van der Waals surface area contributed by atoms with E-state index < -0.39 is 28.9 Å². The Hall–Kier alpha value is -3.99. The molecule has 2 aliphatic rings. The number of halogens is 3. The molecule has 1 fully saturated rings. The fraction of sp³-hybridized carbons (Fsp3) is 0.379. The monoisotopic (exact) mass is 585 g/mol. The van der Waals surface area contributed by atoms with E-state index in [-0.39, 0.29) is 46.4 Å². The van der Waals surface area contributed by atoms with Gasteiger partial charge in [-0.3, -0.25) is 18.7 Å². The van der Waals surface area contributed by atoms with Gasteiger partial charge in [0.15, 0.2) is 0 Å². The summed E-state index contributed by atoms with van der Waals surface area (Å²) in [5.41, 5.74) is -0.192. The number of amides is 3. The lowest BCUT2D eigenvalue weighted by molar-refractivity contribution is -0.133. The molecule has 9 nitrogen and oxygen atoms in total. The Balaban J connectivity index is 1.32. The number of hydrogen-bond donors (Lipinski definition) is 1. The van der Waals surface area contributed by atoms with Gasteiger partial charge in [0.1, 0.15) is 18.2 Å². The molecular weight excluding hydrogens is 556 g/mol. The molecule has 3 heterocycles. The van der Waals surface area contributed by atoms with Crippen LogP contribution in [0.15, 0.2) is 52.2 Å². The largest absolute Gasteiger partial charge is 0.341 e. The van der Waals surface area contributed by atoms with Crippen LogP contribution < -0.4 is 16.6 Å². The fourth-order valence-corrected chi connectivity index (χ4v) is 5.77. The highest BCUT2D eigenvalue weighted by atomic mass is 35.5. The Bertz CT molecular complexity index is 1630. The van der Waals surface area contributed by atoms with Crippen molar-refractivity contribution >= 4 is 29.2 Å². The number of para-hydroxylation sites is 1. The first-order valence-corrected chi connectivity index (χ1v) is 13.9. The second-order valence-electron chi connectivity index (χ2n) is 10.6. The number of carbonyl (C=O) groups excluding carboxylic acids is 2. The van der Waals surface area contributed by atoms with Crippen LogP contribution in [0.4, 0.5) is 19.3 Å². The van der Waals surface area contributed by atoms with Crippen LogP contribution in [0.2, 0.25) is 5.02 Å². The van der Waals surface area contributed by atoms with Crippen LogP contribution >= 0.6 is 11.6 Å². The number of piperidine rings is 1. The summed E-state index contributed by atoms with van der Waals surface area (Å²) < 4.78 is 30.6. The standard InChI is InChI=1S/C29H30ClF2N5O4/c1-17(2)37-27(39)21(20-6-4-7-22(31)25(20)30)15-35(29(37)41)16-24(38)34-12-10-19(11-13-34)36-14-9-18-5-3-8-23(32)26(18)33-28(36)40/h3-8,15,17,19H,9-14,16H2,1-2H3,(H,33,40). The minimum absolute atomic E-state index is 0.0129. The number of anilines is 1. The first kappa shape index (κ1) is 28.5. The van der Waals surface area contributed by atoms with Crippen molar-refractivity contribution in [2.24, 2.45) is 0 Å². The summed E-state index contributed by atoms with van der Waals surface area (Å²) in [6.45, 7) is 4.16. The summed E-state index contributed by atoms with van der Waals surface area (Å²) in [6, 6.07) is 7.78. The summed E-state index contributed by atoms with van der Waals surface area (Å²) in [4.78, 5) is 55.9. The van der Waals surface area contributed by atoms with E-state index in [1.807, 2.05) is 0 Å². The van der Waals surface area contributed by atoms with E-state index >= 15 is 0 Å². The maximum atomic E-state index is 14.2. The van der Waals surface area contributed by atoms with Crippen LogP contribution in [0, 0.1) is 11.6 Å². The number of nitrogens with zero attached hydrogens (tertiary/aromatic N) is 4. The molecule has 0 spiro atoms. The lowest BCUT2D eigenvalue weighted by atomic mass is 10.0. The van der Waals surface area contributed by atoms with Crippen molar-refractivity contribution in [3.05, 3.63) is 85.7 Å². The van der Waals surface area contributed by atoms with Crippen LogP contribution in [0.3, 0.4) is 0 Å².